The number of hydrogen-bond acceptors (Lipinski definition) is 2. The third-order valence-electron chi connectivity index (χ3n) is 3.92. The Morgan fingerprint density at radius 1 is 1.47 bits per heavy atom. The first kappa shape index (κ1) is 14.1. The Labute approximate surface area is 115 Å². The van der Waals surface area contributed by atoms with E-state index in [2.05, 4.69) is 39.0 Å². The molecule has 1 aromatic rings. The third-order valence-corrected chi connectivity index (χ3v) is 3.92. The van der Waals surface area contributed by atoms with Crippen LogP contribution < -0.4 is 5.73 Å². The van der Waals surface area contributed by atoms with Crippen LogP contribution >= 0.6 is 0 Å². The van der Waals surface area contributed by atoms with Crippen LogP contribution in [0.3, 0.4) is 0 Å². The van der Waals surface area contributed by atoms with Crippen molar-refractivity contribution in [2.45, 2.75) is 51.6 Å². The summed E-state index contributed by atoms with van der Waals surface area (Å²) in [5.41, 5.74) is 8.35. The Kier molecular flexibility index (Phi) is 3.95. The summed E-state index contributed by atoms with van der Waals surface area (Å²) in [5, 5.41) is 0. The van der Waals surface area contributed by atoms with E-state index in [0.717, 1.165) is 12.8 Å². The first-order chi connectivity index (χ1) is 8.88. The molecule has 0 radical (unpaired) electrons. The maximum Gasteiger partial charge on any atom is 0.223 e. The first-order valence-corrected chi connectivity index (χ1v) is 7.00. The summed E-state index contributed by atoms with van der Waals surface area (Å²) < 4.78 is 0. The molecule has 0 spiro atoms. The molecule has 1 aliphatic rings. The highest BCUT2D eigenvalue weighted by Gasteiger charge is 2.39. The molecular formula is C16H24N2O. The fourth-order valence-corrected chi connectivity index (χ4v) is 2.99. The molecule has 1 amide bonds. The van der Waals surface area contributed by atoms with Crippen LogP contribution in [0.4, 0.5) is 0 Å². The maximum absolute atomic E-state index is 12.3. The molecule has 2 N–H and O–H groups in total. The van der Waals surface area contributed by atoms with Gasteiger partial charge in [-0.25, -0.2) is 0 Å². The van der Waals surface area contributed by atoms with Crippen LogP contribution in [0, 0.1) is 6.92 Å². The van der Waals surface area contributed by atoms with Crippen LogP contribution in [0.15, 0.2) is 24.3 Å². The fourth-order valence-electron chi connectivity index (χ4n) is 2.99. The maximum atomic E-state index is 12.3. The third kappa shape index (κ3) is 3.35. The van der Waals surface area contributed by atoms with E-state index in [1.807, 2.05) is 11.0 Å². The second kappa shape index (κ2) is 5.33. The Morgan fingerprint density at radius 2 is 2.21 bits per heavy atom. The number of nitrogens with two attached hydrogens (primary N) is 1. The Balaban J connectivity index is 1.95. The molecule has 1 heterocycles. The van der Waals surface area contributed by atoms with E-state index in [1.54, 1.807) is 0 Å². The van der Waals surface area contributed by atoms with Gasteiger partial charge in [0.1, 0.15) is 0 Å². The molecule has 1 atom stereocenters. The topological polar surface area (TPSA) is 46.3 Å². The van der Waals surface area contributed by atoms with E-state index >= 15 is 0 Å². The quantitative estimate of drug-likeness (QED) is 0.906. The van der Waals surface area contributed by atoms with Crippen molar-refractivity contribution in [3.05, 3.63) is 35.4 Å². The molecule has 104 valence electrons. The second-order valence-electron chi connectivity index (χ2n) is 6.27. The number of aryl methyl sites for hydroxylation is 2. The summed E-state index contributed by atoms with van der Waals surface area (Å²) >= 11 is 0. The minimum Gasteiger partial charge on any atom is -0.336 e. The summed E-state index contributed by atoms with van der Waals surface area (Å²) in [4.78, 5) is 14.3. The lowest BCUT2D eigenvalue weighted by Crippen LogP contribution is -2.42. The molecule has 19 heavy (non-hydrogen) atoms. The van der Waals surface area contributed by atoms with E-state index in [0.29, 0.717) is 13.0 Å². The smallest absolute Gasteiger partial charge is 0.223 e. The van der Waals surface area contributed by atoms with Crippen molar-refractivity contribution in [1.82, 2.24) is 4.90 Å². The van der Waals surface area contributed by atoms with Crippen LogP contribution in [0.25, 0.3) is 0 Å². The number of rotatable bonds is 3. The summed E-state index contributed by atoms with van der Waals surface area (Å²) in [7, 11) is 0. The highest BCUT2D eigenvalue weighted by Crippen LogP contribution is 2.28. The molecule has 3 nitrogen and oxygen atoms in total. The average Bonchev–Trinajstić information content (AvgIpc) is 2.59. The molecule has 1 aliphatic heterocycles. The highest BCUT2D eigenvalue weighted by molar-refractivity contribution is 5.77. The molecule has 1 unspecified atom stereocenters. The predicted octanol–water partition coefficient (Wildman–Crippen LogP) is 2.27. The van der Waals surface area contributed by atoms with Crippen LogP contribution in [-0.2, 0) is 11.2 Å². The number of carbonyl (C=O) groups is 1. The van der Waals surface area contributed by atoms with Crippen molar-refractivity contribution in [1.29, 1.82) is 0 Å². The van der Waals surface area contributed by atoms with E-state index in [-0.39, 0.29) is 17.5 Å². The SMILES string of the molecule is Cc1cccc(CCC(=O)N2CC(N)CC2(C)C)c1. The number of nitrogens with zero attached hydrogens (tertiary/aromatic N) is 1. The van der Waals surface area contributed by atoms with Gasteiger partial charge in [-0.3, -0.25) is 4.79 Å². The average molecular weight is 260 g/mol. The largest absolute Gasteiger partial charge is 0.336 e. The van der Waals surface area contributed by atoms with E-state index < -0.39 is 0 Å². The van der Waals surface area contributed by atoms with Gasteiger partial charge >= 0.3 is 0 Å². The van der Waals surface area contributed by atoms with Crippen molar-refractivity contribution in [3.8, 4) is 0 Å². The number of likely N-dealkylation sites (tertiary alicyclic amines) is 1. The zero-order valence-electron chi connectivity index (χ0n) is 12.1. The molecule has 0 bridgehead atoms. The summed E-state index contributed by atoms with van der Waals surface area (Å²) in [5.74, 6) is 0.222. The van der Waals surface area contributed by atoms with Crippen LogP contribution in [0.2, 0.25) is 0 Å². The lowest BCUT2D eigenvalue weighted by Gasteiger charge is -2.31. The Hall–Kier alpha value is -1.35. The summed E-state index contributed by atoms with van der Waals surface area (Å²) in [6, 6.07) is 8.48. The molecule has 1 aromatic carbocycles. The summed E-state index contributed by atoms with van der Waals surface area (Å²) in [6.07, 6.45) is 2.27. The van der Waals surface area contributed by atoms with Crippen molar-refractivity contribution < 1.29 is 4.79 Å². The lowest BCUT2D eigenvalue weighted by molar-refractivity contribution is -0.134. The minimum atomic E-state index is -0.0941. The normalized spacial score (nSPS) is 21.7. The van der Waals surface area contributed by atoms with Gasteiger partial charge in [-0.2, -0.15) is 0 Å². The number of benzene rings is 1. The van der Waals surface area contributed by atoms with Gasteiger partial charge in [0, 0.05) is 24.5 Å². The monoisotopic (exact) mass is 260 g/mol. The molecule has 1 saturated heterocycles. The van der Waals surface area contributed by atoms with Crippen molar-refractivity contribution in [2.75, 3.05) is 6.54 Å². The summed E-state index contributed by atoms with van der Waals surface area (Å²) in [6.45, 7) is 6.97. The van der Waals surface area contributed by atoms with Crippen molar-refractivity contribution in [3.63, 3.8) is 0 Å². The molecule has 3 heteroatoms. The van der Waals surface area contributed by atoms with Gasteiger partial charge < -0.3 is 10.6 Å². The lowest BCUT2D eigenvalue weighted by atomic mass is 10.00. The van der Waals surface area contributed by atoms with Crippen LogP contribution in [0.1, 0.15) is 37.8 Å². The van der Waals surface area contributed by atoms with Crippen LogP contribution in [-0.4, -0.2) is 28.9 Å². The Bertz CT molecular complexity index is 468. The number of carbonyl (C=O) groups excluding carboxylic acids is 1. The molecule has 2 rings (SSSR count). The predicted molar refractivity (Wildman–Crippen MR) is 77.9 cm³/mol. The first-order valence-electron chi connectivity index (χ1n) is 7.00. The Morgan fingerprint density at radius 3 is 2.79 bits per heavy atom. The zero-order chi connectivity index (χ0) is 14.0. The van der Waals surface area contributed by atoms with E-state index in [1.165, 1.54) is 11.1 Å². The molecule has 1 fully saturated rings. The van der Waals surface area contributed by atoms with E-state index in [9.17, 15) is 4.79 Å². The highest BCUT2D eigenvalue weighted by atomic mass is 16.2. The molecule has 0 aliphatic carbocycles. The fraction of sp³-hybridized carbons (Fsp3) is 0.562. The van der Waals surface area contributed by atoms with Gasteiger partial charge in [0.15, 0.2) is 0 Å². The van der Waals surface area contributed by atoms with Gasteiger partial charge in [-0.05, 0) is 39.2 Å². The second-order valence-corrected chi connectivity index (χ2v) is 6.27. The number of amides is 1. The molecule has 0 aromatic heterocycles. The number of hydrogen-bond donors (Lipinski definition) is 1. The van der Waals surface area contributed by atoms with E-state index in [4.69, 9.17) is 5.73 Å². The standard InChI is InChI=1S/C16H24N2O/c1-12-5-4-6-13(9-12)7-8-15(19)18-11-14(17)10-16(18,2)3/h4-6,9,14H,7-8,10-11,17H2,1-3H3. The molecular weight excluding hydrogens is 236 g/mol. The van der Waals surface area contributed by atoms with Gasteiger partial charge in [0.2, 0.25) is 5.91 Å². The van der Waals surface area contributed by atoms with Crippen LogP contribution in [0.5, 0.6) is 0 Å². The zero-order valence-corrected chi connectivity index (χ0v) is 12.1. The van der Waals surface area contributed by atoms with Crippen molar-refractivity contribution in [2.24, 2.45) is 5.73 Å². The van der Waals surface area contributed by atoms with Gasteiger partial charge in [-0.15, -0.1) is 0 Å². The van der Waals surface area contributed by atoms with Crippen molar-refractivity contribution >= 4 is 5.91 Å². The van der Waals surface area contributed by atoms with Gasteiger partial charge in [0.05, 0.1) is 0 Å². The van der Waals surface area contributed by atoms with Gasteiger partial charge in [-0.1, -0.05) is 29.8 Å². The molecule has 0 saturated carbocycles. The minimum absolute atomic E-state index is 0.0941. The van der Waals surface area contributed by atoms with Gasteiger partial charge in [0.25, 0.3) is 0 Å².